The molecule has 146 valence electrons. The molecule has 1 atom stereocenters. The van der Waals surface area contributed by atoms with Gasteiger partial charge in [0.25, 0.3) is 5.91 Å². The second-order valence-electron chi connectivity index (χ2n) is 5.55. The van der Waals surface area contributed by atoms with E-state index in [2.05, 4.69) is 10.6 Å². The van der Waals surface area contributed by atoms with Crippen LogP contribution in [0.15, 0.2) is 30.0 Å². The zero-order valence-electron chi connectivity index (χ0n) is 15.7. The van der Waals surface area contributed by atoms with Crippen molar-refractivity contribution in [1.82, 2.24) is 10.6 Å². The van der Waals surface area contributed by atoms with E-state index in [0.717, 1.165) is 5.56 Å². The normalized spacial score (nSPS) is 11.9. The fraction of sp³-hybridized carbons (Fsp3) is 0.421. The molecule has 1 aromatic rings. The Bertz CT molecular complexity index is 725. The van der Waals surface area contributed by atoms with Gasteiger partial charge >= 0.3 is 5.97 Å². The molecule has 1 unspecified atom stereocenters. The van der Waals surface area contributed by atoms with Gasteiger partial charge in [-0.15, -0.1) is 0 Å². The van der Waals surface area contributed by atoms with E-state index in [1.54, 1.807) is 6.07 Å². The van der Waals surface area contributed by atoms with Gasteiger partial charge in [-0.25, -0.2) is 0 Å². The first-order valence-electron chi connectivity index (χ1n) is 8.68. The molecule has 0 aliphatic rings. The van der Waals surface area contributed by atoms with Crippen molar-refractivity contribution in [2.75, 3.05) is 19.8 Å². The molecule has 0 fully saturated rings. The zero-order chi connectivity index (χ0) is 20.2. The lowest BCUT2D eigenvalue weighted by Crippen LogP contribution is -2.39. The number of rotatable bonds is 11. The molecular formula is C19H25N3O5. The third kappa shape index (κ3) is 7.28. The third-order valence-electron chi connectivity index (χ3n) is 3.50. The Morgan fingerprint density at radius 2 is 1.93 bits per heavy atom. The second kappa shape index (κ2) is 11.4. The number of carboxylic acid groups (broad SMARTS) is 1. The molecule has 0 heterocycles. The van der Waals surface area contributed by atoms with E-state index in [1.807, 2.05) is 32.0 Å². The number of hydrogen-bond acceptors (Lipinski definition) is 6. The lowest BCUT2D eigenvalue weighted by molar-refractivity contribution is -0.140. The van der Waals surface area contributed by atoms with Crippen LogP contribution in [0.1, 0.15) is 26.3 Å². The number of hydrogen-bond donors (Lipinski definition) is 3. The van der Waals surface area contributed by atoms with E-state index in [1.165, 1.54) is 13.1 Å². The minimum Gasteiger partial charge on any atom is -0.490 e. The zero-order valence-corrected chi connectivity index (χ0v) is 15.7. The molecule has 1 rings (SSSR count). The fourth-order valence-electron chi connectivity index (χ4n) is 2.13. The van der Waals surface area contributed by atoms with E-state index < -0.39 is 17.9 Å². The number of nitrogens with zero attached hydrogens (tertiary/aromatic N) is 1. The minimum atomic E-state index is -1.17. The maximum Gasteiger partial charge on any atom is 0.325 e. The average Bonchev–Trinajstić information content (AvgIpc) is 2.63. The first-order valence-corrected chi connectivity index (χ1v) is 8.68. The monoisotopic (exact) mass is 375 g/mol. The van der Waals surface area contributed by atoms with Crippen molar-refractivity contribution in [2.24, 2.45) is 0 Å². The van der Waals surface area contributed by atoms with E-state index >= 15 is 0 Å². The van der Waals surface area contributed by atoms with Crippen LogP contribution in [0, 0.1) is 11.3 Å². The van der Waals surface area contributed by atoms with Crippen LogP contribution in [0.4, 0.5) is 0 Å². The van der Waals surface area contributed by atoms with Gasteiger partial charge in [0.2, 0.25) is 0 Å². The minimum absolute atomic E-state index is 0.190. The summed E-state index contributed by atoms with van der Waals surface area (Å²) in [5, 5.41) is 23.0. The molecule has 3 N–H and O–H groups in total. The maximum absolute atomic E-state index is 11.8. The van der Waals surface area contributed by atoms with Crippen molar-refractivity contribution in [3.8, 4) is 17.6 Å². The number of nitriles is 1. The fourth-order valence-corrected chi connectivity index (χ4v) is 2.13. The summed E-state index contributed by atoms with van der Waals surface area (Å²) >= 11 is 0. The van der Waals surface area contributed by atoms with Crippen molar-refractivity contribution >= 4 is 11.9 Å². The lowest BCUT2D eigenvalue weighted by Gasteiger charge is -2.12. The Hall–Kier alpha value is -3.21. The number of aliphatic carboxylic acids is 1. The summed E-state index contributed by atoms with van der Waals surface area (Å²) in [6.07, 6.45) is 1.91. The summed E-state index contributed by atoms with van der Waals surface area (Å²) in [7, 11) is 0. The third-order valence-corrected chi connectivity index (χ3v) is 3.50. The molecule has 0 spiro atoms. The van der Waals surface area contributed by atoms with Gasteiger partial charge in [-0.1, -0.05) is 6.07 Å². The van der Waals surface area contributed by atoms with Gasteiger partial charge in [0.05, 0.1) is 13.2 Å². The summed E-state index contributed by atoms with van der Waals surface area (Å²) in [4.78, 5) is 22.6. The first kappa shape index (κ1) is 21.8. The summed E-state index contributed by atoms with van der Waals surface area (Å²) in [6.45, 7) is 6.68. The molecular weight excluding hydrogens is 350 g/mol. The largest absolute Gasteiger partial charge is 0.490 e. The van der Waals surface area contributed by atoms with Gasteiger partial charge in [0.1, 0.15) is 17.7 Å². The summed E-state index contributed by atoms with van der Waals surface area (Å²) in [5.74, 6) is -0.548. The molecule has 0 saturated carbocycles. The molecule has 0 aromatic heterocycles. The van der Waals surface area contributed by atoms with Gasteiger partial charge in [0, 0.05) is 12.7 Å². The quantitative estimate of drug-likeness (QED) is 0.305. The molecule has 0 saturated heterocycles. The Kier molecular flexibility index (Phi) is 9.23. The van der Waals surface area contributed by atoms with Crippen LogP contribution in [0.2, 0.25) is 0 Å². The molecule has 0 bridgehead atoms. The van der Waals surface area contributed by atoms with E-state index in [4.69, 9.17) is 19.8 Å². The highest BCUT2D eigenvalue weighted by molar-refractivity contribution is 5.99. The SMILES string of the molecule is CCOc1ccc(CCN/C=C(/C#N)C(=O)NC(C)C(=O)O)cc1OCC. The smallest absolute Gasteiger partial charge is 0.325 e. The highest BCUT2D eigenvalue weighted by atomic mass is 16.5. The van der Waals surface area contributed by atoms with Crippen LogP contribution in [0.3, 0.4) is 0 Å². The van der Waals surface area contributed by atoms with E-state index in [-0.39, 0.29) is 5.57 Å². The lowest BCUT2D eigenvalue weighted by atomic mass is 10.1. The van der Waals surface area contributed by atoms with Gasteiger partial charge in [-0.05, 0) is 44.9 Å². The molecule has 27 heavy (non-hydrogen) atoms. The standard InChI is InChI=1S/C19H25N3O5/c1-4-26-16-7-6-14(10-17(16)27-5-2)8-9-21-12-15(11-20)18(23)22-13(3)19(24)25/h6-7,10,12-13,21H,4-5,8-9H2,1-3H3,(H,22,23)(H,24,25)/b15-12-. The van der Waals surface area contributed by atoms with Gasteiger partial charge in [-0.2, -0.15) is 5.26 Å². The highest BCUT2D eigenvalue weighted by Crippen LogP contribution is 2.28. The number of nitrogens with one attached hydrogen (secondary N) is 2. The van der Waals surface area contributed by atoms with Crippen molar-refractivity contribution < 1.29 is 24.2 Å². The summed E-state index contributed by atoms with van der Waals surface area (Å²) in [5.41, 5.74) is 0.815. The highest BCUT2D eigenvalue weighted by Gasteiger charge is 2.16. The second-order valence-corrected chi connectivity index (χ2v) is 5.55. The van der Waals surface area contributed by atoms with Crippen LogP contribution in [-0.4, -0.2) is 42.8 Å². The first-order chi connectivity index (χ1) is 12.9. The van der Waals surface area contributed by atoms with Crippen molar-refractivity contribution in [3.05, 3.63) is 35.5 Å². The number of carboxylic acids is 1. The molecule has 0 aliphatic carbocycles. The van der Waals surface area contributed by atoms with E-state index in [9.17, 15) is 9.59 Å². The number of ether oxygens (including phenoxy) is 2. The number of benzene rings is 1. The Morgan fingerprint density at radius 3 is 2.52 bits per heavy atom. The predicted octanol–water partition coefficient (Wildman–Crippen LogP) is 1.61. The van der Waals surface area contributed by atoms with Crippen molar-refractivity contribution in [1.29, 1.82) is 5.26 Å². The van der Waals surface area contributed by atoms with Crippen LogP contribution in [0.5, 0.6) is 11.5 Å². The van der Waals surface area contributed by atoms with Gasteiger partial charge < -0.3 is 25.2 Å². The Morgan fingerprint density at radius 1 is 1.26 bits per heavy atom. The maximum atomic E-state index is 11.8. The number of amides is 1. The molecule has 0 radical (unpaired) electrons. The number of carbonyl (C=O) groups excluding carboxylic acids is 1. The number of carbonyl (C=O) groups is 2. The van der Waals surface area contributed by atoms with Crippen molar-refractivity contribution in [3.63, 3.8) is 0 Å². The molecule has 1 amide bonds. The molecule has 1 aromatic carbocycles. The van der Waals surface area contributed by atoms with Gasteiger partial charge in [0.15, 0.2) is 11.5 Å². The van der Waals surface area contributed by atoms with Gasteiger partial charge in [-0.3, -0.25) is 9.59 Å². The predicted molar refractivity (Wildman–Crippen MR) is 99.4 cm³/mol. The van der Waals surface area contributed by atoms with Crippen molar-refractivity contribution in [2.45, 2.75) is 33.2 Å². The van der Waals surface area contributed by atoms with E-state index in [0.29, 0.717) is 37.7 Å². The van der Waals surface area contributed by atoms with Crippen LogP contribution < -0.4 is 20.1 Å². The van der Waals surface area contributed by atoms with Crippen LogP contribution >= 0.6 is 0 Å². The summed E-state index contributed by atoms with van der Waals surface area (Å²) < 4.78 is 11.1. The molecule has 8 heteroatoms. The van der Waals surface area contributed by atoms with Crippen LogP contribution in [-0.2, 0) is 16.0 Å². The topological polar surface area (TPSA) is 121 Å². The average molecular weight is 375 g/mol. The molecule has 8 nitrogen and oxygen atoms in total. The summed E-state index contributed by atoms with van der Waals surface area (Å²) in [6, 6.07) is 6.34. The molecule has 0 aliphatic heterocycles. The Balaban J connectivity index is 2.64. The van der Waals surface area contributed by atoms with Crippen LogP contribution in [0.25, 0.3) is 0 Å². The Labute approximate surface area is 158 Å².